The van der Waals surface area contributed by atoms with Crippen molar-refractivity contribution in [2.24, 2.45) is 5.92 Å². The number of nitrogens with one attached hydrogen (secondary N) is 2. The van der Waals surface area contributed by atoms with E-state index >= 15 is 0 Å². The smallest absolute Gasteiger partial charge is 0.228 e. The predicted molar refractivity (Wildman–Crippen MR) is 103 cm³/mol. The number of rotatable bonds is 6. The van der Waals surface area contributed by atoms with Gasteiger partial charge in [0.25, 0.3) is 0 Å². The van der Waals surface area contributed by atoms with E-state index in [4.69, 9.17) is 27.9 Å². The van der Waals surface area contributed by atoms with Crippen LogP contribution in [-0.2, 0) is 16.0 Å². The highest BCUT2D eigenvalue weighted by Crippen LogP contribution is 2.21. The molecule has 1 aliphatic heterocycles. The largest absolute Gasteiger partial charge is 0.381 e. The number of aromatic nitrogens is 2. The molecule has 26 heavy (non-hydrogen) atoms. The van der Waals surface area contributed by atoms with Gasteiger partial charge >= 0.3 is 0 Å². The first-order chi connectivity index (χ1) is 12.6. The number of carbonyl (C=O) groups is 1. The van der Waals surface area contributed by atoms with E-state index in [0.29, 0.717) is 41.4 Å². The first-order valence-electron chi connectivity index (χ1n) is 8.52. The average Bonchev–Trinajstić information content (AvgIpc) is 2.65. The van der Waals surface area contributed by atoms with Crippen LogP contribution in [0.2, 0.25) is 10.0 Å². The molecule has 0 atom stereocenters. The lowest BCUT2D eigenvalue weighted by molar-refractivity contribution is -0.122. The number of halogens is 2. The normalized spacial score (nSPS) is 14.8. The second-order valence-electron chi connectivity index (χ2n) is 6.09. The van der Waals surface area contributed by atoms with E-state index in [0.717, 1.165) is 24.8 Å². The van der Waals surface area contributed by atoms with E-state index in [-0.39, 0.29) is 11.8 Å². The molecule has 2 aromatic rings. The van der Waals surface area contributed by atoms with Crippen molar-refractivity contribution in [1.29, 1.82) is 0 Å². The van der Waals surface area contributed by atoms with Crippen molar-refractivity contribution in [3.05, 3.63) is 45.9 Å². The second-order valence-corrected chi connectivity index (χ2v) is 6.94. The monoisotopic (exact) mass is 394 g/mol. The number of amides is 1. The third-order valence-electron chi connectivity index (χ3n) is 4.22. The SMILES string of the molecule is O=C(Nc1ccc(NCCc2ccc(Cl)cc2Cl)nn1)C1CCOCC1. The number of hydrogen-bond donors (Lipinski definition) is 2. The fraction of sp³-hybridized carbons (Fsp3) is 0.389. The van der Waals surface area contributed by atoms with E-state index in [9.17, 15) is 4.79 Å². The van der Waals surface area contributed by atoms with Gasteiger partial charge in [-0.05, 0) is 49.1 Å². The Morgan fingerprint density at radius 1 is 1.12 bits per heavy atom. The maximum Gasteiger partial charge on any atom is 0.228 e. The molecule has 2 heterocycles. The number of carbonyl (C=O) groups excluding carboxylic acids is 1. The summed E-state index contributed by atoms with van der Waals surface area (Å²) in [5.41, 5.74) is 1.01. The molecule has 0 aliphatic carbocycles. The Bertz CT molecular complexity index is 749. The summed E-state index contributed by atoms with van der Waals surface area (Å²) in [5, 5.41) is 15.4. The topological polar surface area (TPSA) is 76.1 Å². The summed E-state index contributed by atoms with van der Waals surface area (Å²) < 4.78 is 5.27. The van der Waals surface area contributed by atoms with Gasteiger partial charge in [0.1, 0.15) is 5.82 Å². The van der Waals surface area contributed by atoms with Gasteiger partial charge in [-0.3, -0.25) is 4.79 Å². The summed E-state index contributed by atoms with van der Waals surface area (Å²) in [6.07, 6.45) is 2.22. The highest BCUT2D eigenvalue weighted by atomic mass is 35.5. The fourth-order valence-electron chi connectivity index (χ4n) is 2.73. The maximum absolute atomic E-state index is 12.2. The Hall–Kier alpha value is -1.89. The number of ether oxygens (including phenoxy) is 1. The number of nitrogens with zero attached hydrogens (tertiary/aromatic N) is 2. The first-order valence-corrected chi connectivity index (χ1v) is 9.27. The van der Waals surface area contributed by atoms with E-state index in [2.05, 4.69) is 20.8 Å². The second kappa shape index (κ2) is 9.16. The standard InChI is InChI=1S/C18H20Cl2N4O2/c19-14-2-1-12(15(20)11-14)5-8-21-16-3-4-17(24-23-16)22-18(25)13-6-9-26-10-7-13/h1-4,11,13H,5-10H2,(H,21,23)(H,22,24,25). The molecule has 0 saturated carbocycles. The van der Waals surface area contributed by atoms with Crippen LogP contribution in [0.3, 0.4) is 0 Å². The van der Waals surface area contributed by atoms with Crippen molar-refractivity contribution in [2.45, 2.75) is 19.3 Å². The van der Waals surface area contributed by atoms with Gasteiger partial charge < -0.3 is 15.4 Å². The minimum Gasteiger partial charge on any atom is -0.381 e. The zero-order chi connectivity index (χ0) is 18.4. The van der Waals surface area contributed by atoms with Crippen LogP contribution in [0.1, 0.15) is 18.4 Å². The Kier molecular flexibility index (Phi) is 6.66. The highest BCUT2D eigenvalue weighted by Gasteiger charge is 2.21. The molecule has 0 bridgehead atoms. The molecule has 3 rings (SSSR count). The summed E-state index contributed by atoms with van der Waals surface area (Å²) in [7, 11) is 0. The van der Waals surface area contributed by atoms with Crippen LogP contribution in [0, 0.1) is 5.92 Å². The molecular weight excluding hydrogens is 375 g/mol. The molecule has 2 N–H and O–H groups in total. The summed E-state index contributed by atoms with van der Waals surface area (Å²) >= 11 is 12.0. The summed E-state index contributed by atoms with van der Waals surface area (Å²) in [5.74, 6) is 1.04. The van der Waals surface area contributed by atoms with Gasteiger partial charge in [0.15, 0.2) is 5.82 Å². The summed E-state index contributed by atoms with van der Waals surface area (Å²) in [6, 6.07) is 8.98. The molecule has 1 fully saturated rings. The van der Waals surface area contributed by atoms with Crippen molar-refractivity contribution in [2.75, 3.05) is 30.4 Å². The third-order valence-corrected chi connectivity index (χ3v) is 4.81. The molecular formula is C18H20Cl2N4O2. The van der Waals surface area contributed by atoms with Crippen LogP contribution in [-0.4, -0.2) is 35.9 Å². The van der Waals surface area contributed by atoms with Crippen molar-refractivity contribution in [1.82, 2.24) is 10.2 Å². The lowest BCUT2D eigenvalue weighted by Crippen LogP contribution is -2.28. The lowest BCUT2D eigenvalue weighted by atomic mass is 9.99. The van der Waals surface area contributed by atoms with Crippen LogP contribution >= 0.6 is 23.2 Å². The van der Waals surface area contributed by atoms with Crippen molar-refractivity contribution in [3.8, 4) is 0 Å². The van der Waals surface area contributed by atoms with Crippen LogP contribution in [0.4, 0.5) is 11.6 Å². The lowest BCUT2D eigenvalue weighted by Gasteiger charge is -2.20. The molecule has 8 heteroatoms. The van der Waals surface area contributed by atoms with Gasteiger partial charge in [0, 0.05) is 35.7 Å². The van der Waals surface area contributed by atoms with E-state index in [1.54, 1.807) is 18.2 Å². The van der Waals surface area contributed by atoms with E-state index < -0.39 is 0 Å². The molecule has 1 aliphatic rings. The molecule has 0 spiro atoms. The number of hydrogen-bond acceptors (Lipinski definition) is 5. The Balaban J connectivity index is 1.47. The summed E-state index contributed by atoms with van der Waals surface area (Å²) in [6.45, 7) is 1.92. The van der Waals surface area contributed by atoms with Crippen molar-refractivity contribution >= 4 is 40.7 Å². The molecule has 6 nitrogen and oxygen atoms in total. The van der Waals surface area contributed by atoms with E-state index in [1.807, 2.05) is 12.1 Å². The molecule has 0 radical (unpaired) electrons. The van der Waals surface area contributed by atoms with Crippen molar-refractivity contribution in [3.63, 3.8) is 0 Å². The minimum absolute atomic E-state index is 0.0209. The van der Waals surface area contributed by atoms with Crippen molar-refractivity contribution < 1.29 is 9.53 Å². The maximum atomic E-state index is 12.2. The van der Waals surface area contributed by atoms with Gasteiger partial charge in [-0.2, -0.15) is 0 Å². The Morgan fingerprint density at radius 3 is 2.54 bits per heavy atom. The fourth-order valence-corrected chi connectivity index (χ4v) is 3.23. The predicted octanol–water partition coefficient (Wildman–Crippen LogP) is 3.80. The van der Waals surface area contributed by atoms with Crippen LogP contribution in [0.5, 0.6) is 0 Å². The van der Waals surface area contributed by atoms with Gasteiger partial charge in [-0.15, -0.1) is 10.2 Å². The molecule has 1 aromatic heterocycles. The zero-order valence-corrected chi connectivity index (χ0v) is 15.7. The van der Waals surface area contributed by atoms with E-state index in [1.165, 1.54) is 0 Å². The number of benzene rings is 1. The van der Waals surface area contributed by atoms with Gasteiger partial charge in [-0.1, -0.05) is 29.3 Å². The van der Waals surface area contributed by atoms with Gasteiger partial charge in [-0.25, -0.2) is 0 Å². The quantitative estimate of drug-likeness (QED) is 0.778. The third kappa shape index (κ3) is 5.30. The molecule has 1 saturated heterocycles. The highest BCUT2D eigenvalue weighted by molar-refractivity contribution is 6.35. The average molecular weight is 395 g/mol. The van der Waals surface area contributed by atoms with Crippen LogP contribution < -0.4 is 10.6 Å². The summed E-state index contributed by atoms with van der Waals surface area (Å²) in [4.78, 5) is 12.2. The number of anilines is 2. The molecule has 138 valence electrons. The Labute approximate surface area is 162 Å². The first kappa shape index (κ1) is 18.9. The van der Waals surface area contributed by atoms with Gasteiger partial charge in [0.05, 0.1) is 0 Å². The zero-order valence-electron chi connectivity index (χ0n) is 14.2. The molecule has 1 amide bonds. The van der Waals surface area contributed by atoms with Crippen LogP contribution in [0.15, 0.2) is 30.3 Å². The Morgan fingerprint density at radius 2 is 1.85 bits per heavy atom. The van der Waals surface area contributed by atoms with Crippen LogP contribution in [0.25, 0.3) is 0 Å². The molecule has 1 aromatic carbocycles. The minimum atomic E-state index is -0.0271. The molecule has 0 unspecified atom stereocenters. The van der Waals surface area contributed by atoms with Gasteiger partial charge in [0.2, 0.25) is 5.91 Å².